The lowest BCUT2D eigenvalue weighted by atomic mass is 9.91. The molecule has 1 aliphatic rings. The predicted molar refractivity (Wildman–Crippen MR) is 140 cm³/mol. The summed E-state index contributed by atoms with van der Waals surface area (Å²) in [4.78, 5) is 15.3. The lowest BCUT2D eigenvalue weighted by Gasteiger charge is -2.37. The highest BCUT2D eigenvalue weighted by molar-refractivity contribution is 7.91. The molecule has 2 heterocycles. The Kier molecular flexibility index (Phi) is 7.09. The van der Waals surface area contributed by atoms with Gasteiger partial charge in [-0.1, -0.05) is 33.3 Å². The fraction of sp³-hybridized carbons (Fsp3) is 0.464. The number of benzene rings is 2. The summed E-state index contributed by atoms with van der Waals surface area (Å²) in [6.07, 6.45) is 4.27. The zero-order chi connectivity index (χ0) is 25.5. The highest BCUT2D eigenvalue weighted by Gasteiger charge is 2.27. The summed E-state index contributed by atoms with van der Waals surface area (Å²) < 4.78 is 44.3. The average Bonchev–Trinajstić information content (AvgIpc) is 2.79. The topological polar surface area (TPSA) is 59.4 Å². The SMILES string of the molecule is CCCCn1cc(S(=O)(=O)c2ccc(C)c(C)c2)c(=O)c2cc(F)c(N3CC(C)CC(C)C3)cc21. The van der Waals surface area contributed by atoms with Crippen LogP contribution in [0.4, 0.5) is 10.1 Å². The number of pyridine rings is 1. The van der Waals surface area contributed by atoms with Crippen molar-refractivity contribution in [1.82, 2.24) is 4.57 Å². The van der Waals surface area contributed by atoms with Gasteiger partial charge < -0.3 is 9.47 Å². The number of hydrogen-bond donors (Lipinski definition) is 0. The van der Waals surface area contributed by atoms with Crippen molar-refractivity contribution in [2.24, 2.45) is 11.8 Å². The Bertz CT molecular complexity index is 1420. The average molecular weight is 499 g/mol. The Balaban J connectivity index is 1.92. The second kappa shape index (κ2) is 9.76. The third-order valence-corrected chi connectivity index (χ3v) is 8.90. The fourth-order valence-electron chi connectivity index (χ4n) is 5.19. The van der Waals surface area contributed by atoms with Crippen LogP contribution in [0.3, 0.4) is 0 Å². The first-order valence-corrected chi connectivity index (χ1v) is 13.9. The molecule has 2 unspecified atom stereocenters. The first-order chi connectivity index (χ1) is 16.5. The number of piperidine rings is 1. The smallest absolute Gasteiger partial charge is 0.211 e. The van der Waals surface area contributed by atoms with Gasteiger partial charge in [0, 0.05) is 25.8 Å². The van der Waals surface area contributed by atoms with Crippen LogP contribution in [0.25, 0.3) is 10.9 Å². The molecule has 2 aromatic carbocycles. The molecular weight excluding hydrogens is 463 g/mol. The molecule has 7 heteroatoms. The van der Waals surface area contributed by atoms with Gasteiger partial charge in [-0.25, -0.2) is 12.8 Å². The molecular formula is C28H35FN2O3S. The van der Waals surface area contributed by atoms with E-state index in [9.17, 15) is 13.2 Å². The molecule has 3 aromatic rings. The van der Waals surface area contributed by atoms with Crippen molar-refractivity contribution in [3.63, 3.8) is 0 Å². The molecule has 1 saturated heterocycles. The quantitative estimate of drug-likeness (QED) is 0.426. The summed E-state index contributed by atoms with van der Waals surface area (Å²) >= 11 is 0. The molecule has 0 N–H and O–H groups in total. The van der Waals surface area contributed by atoms with Crippen molar-refractivity contribution in [3.05, 3.63) is 63.7 Å². The minimum Gasteiger partial charge on any atom is -0.369 e. The Morgan fingerprint density at radius 3 is 2.34 bits per heavy atom. The number of sulfone groups is 1. The second-order valence-corrected chi connectivity index (χ2v) is 12.2. The molecule has 1 fully saturated rings. The third-order valence-electron chi connectivity index (χ3n) is 7.16. The molecule has 1 aliphatic heterocycles. The number of rotatable bonds is 6. The van der Waals surface area contributed by atoms with Crippen LogP contribution >= 0.6 is 0 Å². The van der Waals surface area contributed by atoms with Gasteiger partial charge in [-0.05, 0) is 73.9 Å². The number of aryl methyl sites for hydroxylation is 3. The maximum Gasteiger partial charge on any atom is 0.211 e. The zero-order valence-corrected chi connectivity index (χ0v) is 22.1. The minimum atomic E-state index is -4.07. The van der Waals surface area contributed by atoms with Crippen LogP contribution in [-0.4, -0.2) is 26.1 Å². The molecule has 0 aliphatic carbocycles. The monoisotopic (exact) mass is 498 g/mol. The maximum absolute atomic E-state index is 15.4. The largest absolute Gasteiger partial charge is 0.369 e. The van der Waals surface area contributed by atoms with Crippen molar-refractivity contribution in [1.29, 1.82) is 0 Å². The van der Waals surface area contributed by atoms with Crippen LogP contribution in [0.5, 0.6) is 0 Å². The number of nitrogens with zero attached hydrogens (tertiary/aromatic N) is 2. The van der Waals surface area contributed by atoms with Crippen molar-refractivity contribution in [2.75, 3.05) is 18.0 Å². The van der Waals surface area contributed by atoms with E-state index in [4.69, 9.17) is 0 Å². The summed E-state index contributed by atoms with van der Waals surface area (Å²) in [5, 5.41) is 0.102. The van der Waals surface area contributed by atoms with E-state index < -0.39 is 21.1 Å². The van der Waals surface area contributed by atoms with E-state index in [0.717, 1.165) is 43.5 Å². The number of aromatic nitrogens is 1. The minimum absolute atomic E-state index is 0.0764. The molecule has 0 saturated carbocycles. The number of hydrogen-bond acceptors (Lipinski definition) is 4. The Morgan fingerprint density at radius 2 is 1.71 bits per heavy atom. The Hall–Kier alpha value is -2.67. The lowest BCUT2D eigenvalue weighted by molar-refractivity contribution is 0.354. The van der Waals surface area contributed by atoms with Gasteiger partial charge in [-0.15, -0.1) is 0 Å². The summed E-state index contributed by atoms with van der Waals surface area (Å²) in [6.45, 7) is 12.2. The molecule has 0 radical (unpaired) electrons. The normalized spacial score (nSPS) is 18.9. The van der Waals surface area contributed by atoms with Gasteiger partial charge in [-0.3, -0.25) is 4.79 Å². The standard InChI is InChI=1S/C28H35FN2O3S/c1-6-7-10-30-17-27(35(33,34)22-9-8-20(4)21(5)12-22)28(32)23-13-24(29)26(14-25(23)30)31-15-18(2)11-19(3)16-31/h8-9,12-14,17-19H,6-7,10-11,15-16H2,1-5H3. The van der Waals surface area contributed by atoms with Crippen LogP contribution < -0.4 is 10.3 Å². The molecule has 1 aromatic heterocycles. The maximum atomic E-state index is 15.4. The summed E-state index contributed by atoms with van der Waals surface area (Å²) in [5.74, 6) is 0.405. The third kappa shape index (κ3) is 4.88. The predicted octanol–water partition coefficient (Wildman–Crippen LogP) is 5.87. The molecule has 0 amide bonds. The van der Waals surface area contributed by atoms with Gasteiger partial charge >= 0.3 is 0 Å². The number of unbranched alkanes of at least 4 members (excludes halogenated alkanes) is 1. The van der Waals surface area contributed by atoms with Crippen LogP contribution in [0.2, 0.25) is 0 Å². The Morgan fingerprint density at radius 1 is 1.03 bits per heavy atom. The van der Waals surface area contributed by atoms with Crippen LogP contribution in [-0.2, 0) is 16.4 Å². The van der Waals surface area contributed by atoms with Gasteiger partial charge in [0.15, 0.2) is 0 Å². The van der Waals surface area contributed by atoms with Crippen molar-refractivity contribution in [3.8, 4) is 0 Å². The van der Waals surface area contributed by atoms with Crippen LogP contribution in [0.1, 0.15) is 51.2 Å². The second-order valence-electron chi connectivity index (χ2n) is 10.3. The molecule has 0 bridgehead atoms. The number of anilines is 1. The highest BCUT2D eigenvalue weighted by Crippen LogP contribution is 2.32. The molecule has 4 rings (SSSR count). The number of halogens is 1. The van der Waals surface area contributed by atoms with Crippen molar-refractivity contribution < 1.29 is 12.8 Å². The molecule has 2 atom stereocenters. The van der Waals surface area contributed by atoms with Crippen LogP contribution in [0, 0.1) is 31.5 Å². The van der Waals surface area contributed by atoms with E-state index in [2.05, 4.69) is 25.7 Å². The first-order valence-electron chi connectivity index (χ1n) is 12.5. The fourth-order valence-corrected chi connectivity index (χ4v) is 6.64. The van der Waals surface area contributed by atoms with Gasteiger partial charge in [0.05, 0.1) is 21.5 Å². The van der Waals surface area contributed by atoms with Gasteiger partial charge in [-0.2, -0.15) is 0 Å². The summed E-state index contributed by atoms with van der Waals surface area (Å²) in [7, 11) is -4.07. The number of fused-ring (bicyclic) bond motifs is 1. The van der Waals surface area contributed by atoms with Gasteiger partial charge in [0.2, 0.25) is 15.3 Å². The van der Waals surface area contributed by atoms with Crippen molar-refractivity contribution in [2.45, 2.75) is 70.2 Å². The zero-order valence-electron chi connectivity index (χ0n) is 21.3. The first kappa shape index (κ1) is 25.4. The van der Waals surface area contributed by atoms with Crippen LogP contribution in [0.15, 0.2) is 51.1 Å². The van der Waals surface area contributed by atoms with Gasteiger partial charge in [0.1, 0.15) is 10.7 Å². The van der Waals surface area contributed by atoms with E-state index >= 15 is 4.39 Å². The molecule has 35 heavy (non-hydrogen) atoms. The summed E-state index contributed by atoms with van der Waals surface area (Å²) in [5.41, 5.74) is 2.20. The van der Waals surface area contributed by atoms with E-state index in [1.807, 2.05) is 18.4 Å². The van der Waals surface area contributed by atoms with Gasteiger partial charge in [0.25, 0.3) is 0 Å². The molecule has 0 spiro atoms. The summed E-state index contributed by atoms with van der Waals surface area (Å²) in [6, 6.07) is 7.83. The Labute approximate surface area is 207 Å². The highest BCUT2D eigenvalue weighted by atomic mass is 32.2. The van der Waals surface area contributed by atoms with E-state index in [1.54, 1.807) is 18.2 Å². The van der Waals surface area contributed by atoms with E-state index in [-0.39, 0.29) is 15.2 Å². The van der Waals surface area contributed by atoms with E-state index in [0.29, 0.717) is 29.6 Å². The lowest BCUT2D eigenvalue weighted by Crippen LogP contribution is -2.39. The van der Waals surface area contributed by atoms with Crippen molar-refractivity contribution >= 4 is 26.4 Å². The molecule has 5 nitrogen and oxygen atoms in total. The molecule has 188 valence electrons. The van der Waals surface area contributed by atoms with E-state index in [1.165, 1.54) is 18.3 Å².